The van der Waals surface area contributed by atoms with Crippen molar-refractivity contribution in [2.45, 2.75) is 46.5 Å². The molecule has 0 aliphatic carbocycles. The quantitative estimate of drug-likeness (QED) is 0.748. The normalized spacial score (nSPS) is 9.52. The highest BCUT2D eigenvalue weighted by molar-refractivity contribution is 7.09. The molecule has 0 amide bonds. The molecule has 0 bridgehead atoms. The molecule has 124 valence electrons. The minimum Gasteiger partial charge on any atom is -0.267 e. The van der Waals surface area contributed by atoms with Crippen LogP contribution in [0.3, 0.4) is 0 Å². The van der Waals surface area contributed by atoms with Crippen LogP contribution in [0.2, 0.25) is 0 Å². The maximum absolute atomic E-state index is 11.1. The highest BCUT2D eigenvalue weighted by Crippen LogP contribution is 2.05. The third kappa shape index (κ3) is 7.19. The van der Waals surface area contributed by atoms with Gasteiger partial charge in [-0.2, -0.15) is 5.10 Å². The van der Waals surface area contributed by atoms with Crippen LogP contribution < -0.4 is 5.56 Å². The van der Waals surface area contributed by atoms with Gasteiger partial charge in [0.25, 0.3) is 5.56 Å². The Balaban J connectivity index is 0.000000191. The molecule has 4 nitrogen and oxygen atoms in total. The van der Waals surface area contributed by atoms with Crippen molar-refractivity contribution >= 4 is 22.1 Å². The second kappa shape index (κ2) is 11.5. The molecule has 1 N–H and O–H groups in total. The van der Waals surface area contributed by atoms with Crippen molar-refractivity contribution in [2.75, 3.05) is 0 Å². The van der Waals surface area contributed by atoms with Crippen LogP contribution in [0, 0.1) is 0 Å². The number of H-pyrrole nitrogens is 1. The topological polar surface area (TPSA) is 58.6 Å². The fourth-order valence-electron chi connectivity index (χ4n) is 1.81. The zero-order chi connectivity index (χ0) is 16.9. The molecule has 23 heavy (non-hydrogen) atoms. The molecule has 0 unspecified atom stereocenters. The van der Waals surface area contributed by atoms with Crippen molar-refractivity contribution in [3.05, 3.63) is 57.4 Å². The third-order valence-electron chi connectivity index (χ3n) is 3.11. The average molecular weight is 331 g/mol. The van der Waals surface area contributed by atoms with E-state index in [2.05, 4.69) is 36.0 Å². The van der Waals surface area contributed by atoms with Crippen molar-refractivity contribution in [3.63, 3.8) is 0 Å². The zero-order valence-corrected chi connectivity index (χ0v) is 14.9. The number of aryl methyl sites for hydroxylation is 1. The second-order valence-corrected chi connectivity index (χ2v) is 5.93. The van der Waals surface area contributed by atoms with E-state index in [9.17, 15) is 4.79 Å². The Bertz CT molecular complexity index is 700. The fourth-order valence-corrected chi connectivity index (χ4v) is 2.35. The van der Waals surface area contributed by atoms with Gasteiger partial charge in [0.1, 0.15) is 0 Å². The standard InChI is InChI=1S/C8H6N2O.C5H7NS.C5H12/c11-8-7-4-2-1-3-6(7)5-9-10-8;1-2-5-3-6-4-7-5;1-3-5-4-2/h1-5H,(H,10,11);3-4H,2H2,1H3;3-5H2,1-2H3. The van der Waals surface area contributed by atoms with Gasteiger partial charge in [-0.3, -0.25) is 9.78 Å². The number of hydrogen-bond acceptors (Lipinski definition) is 4. The van der Waals surface area contributed by atoms with Gasteiger partial charge in [-0.05, 0) is 12.5 Å². The predicted octanol–water partition coefficient (Wildman–Crippen LogP) is 4.83. The lowest BCUT2D eigenvalue weighted by molar-refractivity contribution is 0.772. The van der Waals surface area contributed by atoms with Crippen molar-refractivity contribution < 1.29 is 0 Å². The highest BCUT2D eigenvalue weighted by Gasteiger charge is 1.93. The number of benzene rings is 1. The monoisotopic (exact) mass is 331 g/mol. The molecular formula is C18H25N3OS. The first-order valence-electron chi connectivity index (χ1n) is 8.02. The van der Waals surface area contributed by atoms with Gasteiger partial charge in [0.2, 0.25) is 0 Å². The number of nitrogens with zero attached hydrogens (tertiary/aromatic N) is 2. The molecule has 1 aromatic carbocycles. The molecule has 0 atom stereocenters. The number of aromatic nitrogens is 3. The van der Waals surface area contributed by atoms with Gasteiger partial charge >= 0.3 is 0 Å². The van der Waals surface area contributed by atoms with Crippen LogP contribution in [-0.4, -0.2) is 15.2 Å². The molecule has 0 fully saturated rings. The molecule has 0 aliphatic rings. The van der Waals surface area contributed by atoms with Crippen LogP contribution >= 0.6 is 11.3 Å². The molecule has 0 spiro atoms. The van der Waals surface area contributed by atoms with Gasteiger partial charge in [0.15, 0.2) is 0 Å². The number of fused-ring (bicyclic) bond motifs is 1. The van der Waals surface area contributed by atoms with E-state index in [-0.39, 0.29) is 5.56 Å². The Hall–Kier alpha value is -2.01. The van der Waals surface area contributed by atoms with E-state index in [1.54, 1.807) is 23.6 Å². The summed E-state index contributed by atoms with van der Waals surface area (Å²) in [5.74, 6) is 0. The Kier molecular flexibility index (Phi) is 9.55. The summed E-state index contributed by atoms with van der Waals surface area (Å²) < 4.78 is 0. The summed E-state index contributed by atoms with van der Waals surface area (Å²) >= 11 is 1.71. The molecule has 0 radical (unpaired) electrons. The largest absolute Gasteiger partial charge is 0.272 e. The molecule has 0 saturated carbocycles. The summed E-state index contributed by atoms with van der Waals surface area (Å²) in [4.78, 5) is 16.3. The summed E-state index contributed by atoms with van der Waals surface area (Å²) in [6.45, 7) is 6.56. The van der Waals surface area contributed by atoms with E-state index >= 15 is 0 Å². The Morgan fingerprint density at radius 1 is 1.09 bits per heavy atom. The number of hydrogen-bond donors (Lipinski definition) is 1. The van der Waals surface area contributed by atoms with E-state index in [4.69, 9.17) is 0 Å². The van der Waals surface area contributed by atoms with Crippen LogP contribution in [0.4, 0.5) is 0 Å². The number of nitrogens with one attached hydrogen (secondary N) is 1. The molecule has 0 saturated heterocycles. The first-order chi connectivity index (χ1) is 11.2. The molecule has 3 rings (SSSR count). The molecule has 0 aliphatic heterocycles. The maximum Gasteiger partial charge on any atom is 0.272 e. The number of unbranched alkanes of at least 4 members (excludes halogenated alkanes) is 2. The van der Waals surface area contributed by atoms with Crippen LogP contribution in [-0.2, 0) is 6.42 Å². The van der Waals surface area contributed by atoms with Crippen molar-refractivity contribution in [1.82, 2.24) is 15.2 Å². The lowest BCUT2D eigenvalue weighted by Gasteiger charge is -1.91. The Morgan fingerprint density at radius 2 is 1.83 bits per heavy atom. The van der Waals surface area contributed by atoms with Gasteiger partial charge in [0.05, 0.1) is 11.7 Å². The van der Waals surface area contributed by atoms with E-state index in [1.165, 1.54) is 24.1 Å². The van der Waals surface area contributed by atoms with Gasteiger partial charge in [-0.15, -0.1) is 11.3 Å². The van der Waals surface area contributed by atoms with Crippen LogP contribution in [0.1, 0.15) is 44.9 Å². The summed E-state index contributed by atoms with van der Waals surface area (Å²) in [5.41, 5.74) is 1.72. The van der Waals surface area contributed by atoms with Crippen LogP contribution in [0.5, 0.6) is 0 Å². The maximum atomic E-state index is 11.1. The molecular weight excluding hydrogens is 306 g/mol. The minimum atomic E-state index is -0.136. The second-order valence-electron chi connectivity index (χ2n) is 4.96. The van der Waals surface area contributed by atoms with E-state index in [0.717, 1.165) is 11.8 Å². The molecule has 5 heteroatoms. The first-order valence-corrected chi connectivity index (χ1v) is 8.90. The summed E-state index contributed by atoms with van der Waals surface area (Å²) in [5, 5.41) is 7.60. The Morgan fingerprint density at radius 3 is 2.30 bits per heavy atom. The smallest absolute Gasteiger partial charge is 0.267 e. The lowest BCUT2D eigenvalue weighted by Crippen LogP contribution is -2.06. The minimum absolute atomic E-state index is 0.136. The zero-order valence-electron chi connectivity index (χ0n) is 14.1. The van der Waals surface area contributed by atoms with Crippen LogP contribution in [0.15, 0.2) is 47.0 Å². The highest BCUT2D eigenvalue weighted by atomic mass is 32.1. The summed E-state index contributed by atoms with van der Waals surface area (Å²) in [7, 11) is 0. The van der Waals surface area contributed by atoms with Crippen molar-refractivity contribution in [2.24, 2.45) is 0 Å². The molecule has 2 aromatic heterocycles. The van der Waals surface area contributed by atoms with E-state index < -0.39 is 0 Å². The van der Waals surface area contributed by atoms with Crippen LogP contribution in [0.25, 0.3) is 10.8 Å². The van der Waals surface area contributed by atoms with Crippen molar-refractivity contribution in [1.29, 1.82) is 0 Å². The van der Waals surface area contributed by atoms with Gasteiger partial charge < -0.3 is 0 Å². The van der Waals surface area contributed by atoms with Crippen molar-refractivity contribution in [3.8, 4) is 0 Å². The number of thiazole rings is 1. The van der Waals surface area contributed by atoms with Gasteiger partial charge in [-0.25, -0.2) is 5.10 Å². The summed E-state index contributed by atoms with van der Waals surface area (Å²) in [6, 6.07) is 7.34. The van der Waals surface area contributed by atoms with Gasteiger partial charge in [0, 0.05) is 21.8 Å². The molecule has 3 aromatic rings. The Labute approximate surface area is 141 Å². The van der Waals surface area contributed by atoms with Gasteiger partial charge in [-0.1, -0.05) is 58.2 Å². The number of rotatable bonds is 3. The van der Waals surface area contributed by atoms with E-state index in [1.807, 2.05) is 29.9 Å². The SMILES string of the molecule is CCCCC.CCc1cncs1.O=c1[nH]ncc2ccccc12. The predicted molar refractivity (Wildman–Crippen MR) is 99.1 cm³/mol. The lowest BCUT2D eigenvalue weighted by atomic mass is 10.2. The summed E-state index contributed by atoms with van der Waals surface area (Å²) in [6.07, 6.45) is 8.74. The third-order valence-corrected chi connectivity index (χ3v) is 4.04. The average Bonchev–Trinajstić information content (AvgIpc) is 3.11. The molecule has 2 heterocycles. The first kappa shape index (κ1) is 19.0. The number of aromatic amines is 1. The fraction of sp³-hybridized carbons (Fsp3) is 0.389. The van der Waals surface area contributed by atoms with E-state index in [0.29, 0.717) is 5.39 Å².